The summed E-state index contributed by atoms with van der Waals surface area (Å²) in [6.45, 7) is 2.24. The third-order valence-corrected chi connectivity index (χ3v) is 3.31. The molecule has 1 aliphatic carbocycles. The minimum atomic E-state index is 0.0893. The lowest BCUT2D eigenvalue weighted by molar-refractivity contribution is -0.126. The van der Waals surface area contributed by atoms with E-state index in [1.165, 1.54) is 0 Å². The van der Waals surface area contributed by atoms with Crippen molar-refractivity contribution in [2.24, 2.45) is 0 Å². The topological polar surface area (TPSA) is 49.4 Å². The van der Waals surface area contributed by atoms with Gasteiger partial charge in [0.1, 0.15) is 5.78 Å². The van der Waals surface area contributed by atoms with Gasteiger partial charge >= 0.3 is 0 Å². The molecule has 0 spiro atoms. The van der Waals surface area contributed by atoms with Crippen molar-refractivity contribution in [3.05, 3.63) is 0 Å². The van der Waals surface area contributed by atoms with Gasteiger partial charge in [0.25, 0.3) is 0 Å². The van der Waals surface area contributed by atoms with Crippen molar-refractivity contribution in [3.8, 4) is 0 Å². The number of nitrogens with zero attached hydrogens (tertiary/aromatic N) is 1. The fourth-order valence-corrected chi connectivity index (χ4v) is 2.45. The van der Waals surface area contributed by atoms with Gasteiger partial charge in [0, 0.05) is 32.5 Å². The summed E-state index contributed by atoms with van der Waals surface area (Å²) in [6, 6.07) is 0.0893. The summed E-state index contributed by atoms with van der Waals surface area (Å²) >= 11 is 0. The Morgan fingerprint density at radius 1 is 1.13 bits per heavy atom. The van der Waals surface area contributed by atoms with Crippen LogP contribution in [0.3, 0.4) is 0 Å². The van der Waals surface area contributed by atoms with Crippen LogP contribution in [-0.2, 0) is 9.59 Å². The van der Waals surface area contributed by atoms with Gasteiger partial charge in [0.15, 0.2) is 0 Å². The Kier molecular flexibility index (Phi) is 3.36. The minimum absolute atomic E-state index is 0.0893. The van der Waals surface area contributed by atoms with Crippen LogP contribution in [0.2, 0.25) is 0 Å². The van der Waals surface area contributed by atoms with Crippen LogP contribution in [0, 0.1) is 0 Å². The molecule has 1 heterocycles. The first kappa shape index (κ1) is 10.6. The van der Waals surface area contributed by atoms with E-state index >= 15 is 0 Å². The van der Waals surface area contributed by atoms with Crippen LogP contribution in [0.1, 0.15) is 32.1 Å². The molecular weight excluding hydrogens is 192 g/mol. The summed E-state index contributed by atoms with van der Waals surface area (Å²) in [5, 5.41) is 2.84. The van der Waals surface area contributed by atoms with Crippen LogP contribution < -0.4 is 5.32 Å². The van der Waals surface area contributed by atoms with E-state index in [2.05, 4.69) is 10.2 Å². The molecule has 0 aromatic heterocycles. The van der Waals surface area contributed by atoms with E-state index in [4.69, 9.17) is 0 Å². The molecule has 0 aromatic carbocycles. The number of Topliss-reactive ketones (excluding diaryl/α,β-unsaturated/α-hetero) is 1. The Morgan fingerprint density at radius 2 is 2.00 bits per heavy atom. The molecule has 2 rings (SSSR count). The Labute approximate surface area is 90.0 Å². The maximum absolute atomic E-state index is 11.7. The maximum atomic E-state index is 11.7. The van der Waals surface area contributed by atoms with Crippen LogP contribution in [-0.4, -0.2) is 42.3 Å². The third kappa shape index (κ3) is 2.56. The largest absolute Gasteiger partial charge is 0.355 e. The second-order valence-electron chi connectivity index (χ2n) is 4.36. The van der Waals surface area contributed by atoms with Crippen LogP contribution in [0.4, 0.5) is 0 Å². The molecule has 1 atom stereocenters. The molecule has 4 nitrogen and oxygen atoms in total. The lowest BCUT2D eigenvalue weighted by Gasteiger charge is -2.31. The SMILES string of the molecule is O=C1CCN(C2CCCCC2=O)CCN1. The highest BCUT2D eigenvalue weighted by Crippen LogP contribution is 2.20. The van der Waals surface area contributed by atoms with Gasteiger partial charge in [0.2, 0.25) is 5.91 Å². The van der Waals surface area contributed by atoms with Crippen molar-refractivity contribution >= 4 is 11.7 Å². The standard InChI is InChI=1S/C11H18N2O2/c14-10-4-2-1-3-9(10)13-7-5-11(15)12-6-8-13/h9H,1-8H2,(H,12,15). The monoisotopic (exact) mass is 210 g/mol. The van der Waals surface area contributed by atoms with Crippen molar-refractivity contribution < 1.29 is 9.59 Å². The predicted octanol–water partition coefficient (Wildman–Crippen LogP) is 0.320. The van der Waals surface area contributed by atoms with Gasteiger partial charge in [-0.05, 0) is 12.8 Å². The van der Waals surface area contributed by atoms with Gasteiger partial charge in [-0.1, -0.05) is 6.42 Å². The van der Waals surface area contributed by atoms with E-state index in [1.807, 2.05) is 0 Å². The summed E-state index contributed by atoms with van der Waals surface area (Å²) < 4.78 is 0. The molecule has 0 bridgehead atoms. The van der Waals surface area contributed by atoms with E-state index in [0.29, 0.717) is 18.7 Å². The van der Waals surface area contributed by atoms with Gasteiger partial charge in [0.05, 0.1) is 6.04 Å². The van der Waals surface area contributed by atoms with Crippen molar-refractivity contribution in [1.29, 1.82) is 0 Å². The molecule has 1 amide bonds. The lowest BCUT2D eigenvalue weighted by atomic mass is 9.93. The molecule has 1 saturated heterocycles. The first-order valence-corrected chi connectivity index (χ1v) is 5.81. The average molecular weight is 210 g/mol. The molecular formula is C11H18N2O2. The second kappa shape index (κ2) is 4.75. The fourth-order valence-electron chi connectivity index (χ4n) is 2.45. The number of carbonyl (C=O) groups excluding carboxylic acids is 2. The Balaban J connectivity index is 1.96. The van der Waals surface area contributed by atoms with Crippen LogP contribution >= 0.6 is 0 Å². The highest BCUT2D eigenvalue weighted by molar-refractivity contribution is 5.84. The quantitative estimate of drug-likeness (QED) is 0.678. The molecule has 1 aliphatic heterocycles. The number of amides is 1. The number of ketones is 1. The Bertz CT molecular complexity index is 265. The molecule has 1 unspecified atom stereocenters. The summed E-state index contributed by atoms with van der Waals surface area (Å²) in [5.41, 5.74) is 0. The number of hydrogen-bond donors (Lipinski definition) is 1. The fraction of sp³-hybridized carbons (Fsp3) is 0.818. The van der Waals surface area contributed by atoms with E-state index in [-0.39, 0.29) is 11.9 Å². The molecule has 84 valence electrons. The highest BCUT2D eigenvalue weighted by Gasteiger charge is 2.29. The zero-order chi connectivity index (χ0) is 10.7. The van der Waals surface area contributed by atoms with E-state index in [9.17, 15) is 9.59 Å². The zero-order valence-electron chi connectivity index (χ0n) is 9.00. The smallest absolute Gasteiger partial charge is 0.221 e. The van der Waals surface area contributed by atoms with Gasteiger partial charge in [-0.2, -0.15) is 0 Å². The van der Waals surface area contributed by atoms with E-state index in [1.54, 1.807) is 0 Å². The van der Waals surface area contributed by atoms with Crippen molar-refractivity contribution in [1.82, 2.24) is 10.2 Å². The number of carbonyl (C=O) groups is 2. The molecule has 0 radical (unpaired) electrons. The second-order valence-corrected chi connectivity index (χ2v) is 4.36. The number of hydrogen-bond acceptors (Lipinski definition) is 3. The van der Waals surface area contributed by atoms with Crippen LogP contribution in [0.25, 0.3) is 0 Å². The highest BCUT2D eigenvalue weighted by atomic mass is 16.1. The van der Waals surface area contributed by atoms with Gasteiger partial charge in [-0.25, -0.2) is 0 Å². The first-order valence-electron chi connectivity index (χ1n) is 5.81. The number of nitrogens with one attached hydrogen (secondary N) is 1. The van der Waals surface area contributed by atoms with Crippen molar-refractivity contribution in [2.45, 2.75) is 38.1 Å². The molecule has 4 heteroatoms. The molecule has 2 aliphatic rings. The lowest BCUT2D eigenvalue weighted by Crippen LogP contribution is -2.44. The van der Waals surface area contributed by atoms with E-state index in [0.717, 1.165) is 38.8 Å². The van der Waals surface area contributed by atoms with Crippen LogP contribution in [0.15, 0.2) is 0 Å². The summed E-state index contributed by atoms with van der Waals surface area (Å²) in [5.74, 6) is 0.483. The van der Waals surface area contributed by atoms with Gasteiger partial charge in [-0.15, -0.1) is 0 Å². The van der Waals surface area contributed by atoms with Crippen molar-refractivity contribution in [2.75, 3.05) is 19.6 Å². The minimum Gasteiger partial charge on any atom is -0.355 e. The third-order valence-electron chi connectivity index (χ3n) is 3.31. The van der Waals surface area contributed by atoms with Crippen molar-refractivity contribution in [3.63, 3.8) is 0 Å². The molecule has 15 heavy (non-hydrogen) atoms. The Morgan fingerprint density at radius 3 is 2.80 bits per heavy atom. The van der Waals surface area contributed by atoms with Crippen LogP contribution in [0.5, 0.6) is 0 Å². The normalized spacial score (nSPS) is 29.7. The number of rotatable bonds is 1. The molecule has 1 saturated carbocycles. The maximum Gasteiger partial charge on any atom is 0.221 e. The zero-order valence-corrected chi connectivity index (χ0v) is 9.00. The van der Waals surface area contributed by atoms with Gasteiger partial charge in [-0.3, -0.25) is 14.5 Å². The molecule has 1 N–H and O–H groups in total. The summed E-state index contributed by atoms with van der Waals surface area (Å²) in [4.78, 5) is 25.1. The Hall–Kier alpha value is -0.900. The average Bonchev–Trinajstić information content (AvgIpc) is 2.44. The van der Waals surface area contributed by atoms with E-state index < -0.39 is 0 Å². The van der Waals surface area contributed by atoms with Gasteiger partial charge < -0.3 is 5.32 Å². The molecule has 0 aromatic rings. The first-order chi connectivity index (χ1) is 7.27. The predicted molar refractivity (Wildman–Crippen MR) is 56.5 cm³/mol. The summed E-state index contributed by atoms with van der Waals surface area (Å²) in [6.07, 6.45) is 4.42. The molecule has 2 fully saturated rings. The summed E-state index contributed by atoms with van der Waals surface area (Å²) in [7, 11) is 0.